The summed E-state index contributed by atoms with van der Waals surface area (Å²) in [7, 11) is 6.79. The average Bonchev–Trinajstić information content (AvgIpc) is 2.95. The van der Waals surface area contributed by atoms with Gasteiger partial charge in [-0.1, -0.05) is 6.07 Å². The number of hydrogen-bond acceptors (Lipinski definition) is 6. The minimum Gasteiger partial charge on any atom is -0.493 e. The van der Waals surface area contributed by atoms with Gasteiger partial charge in [-0.25, -0.2) is 0 Å². The van der Waals surface area contributed by atoms with Crippen molar-refractivity contribution in [1.29, 1.82) is 0 Å². The molecule has 6 nitrogen and oxygen atoms in total. The van der Waals surface area contributed by atoms with Gasteiger partial charge in [0.25, 0.3) is 0 Å². The van der Waals surface area contributed by atoms with Crippen LogP contribution in [0.2, 0.25) is 0 Å². The Balaban J connectivity index is 2.02. The van der Waals surface area contributed by atoms with Crippen molar-refractivity contribution in [1.82, 2.24) is 5.06 Å². The molecular formula is C18H21NO5. The summed E-state index contributed by atoms with van der Waals surface area (Å²) in [5.74, 6) is 1.16. The van der Waals surface area contributed by atoms with Crippen molar-refractivity contribution in [2.75, 3.05) is 28.4 Å². The Labute approximate surface area is 140 Å². The molecule has 1 heterocycles. The zero-order valence-electron chi connectivity index (χ0n) is 14.2. The molecule has 0 saturated carbocycles. The van der Waals surface area contributed by atoms with E-state index in [1.54, 1.807) is 32.5 Å². The van der Waals surface area contributed by atoms with Crippen molar-refractivity contribution < 1.29 is 23.8 Å². The molecule has 0 N–H and O–H groups in total. The Bertz CT molecular complexity index is 730. The SMILES string of the molecule is COc1ccc2c(c1OC)[C@@]1(OC)C=CC(=O)[C@H]3ON(C)[C@H](C2)[C@H]31. The van der Waals surface area contributed by atoms with E-state index in [1.165, 1.54) is 0 Å². The summed E-state index contributed by atoms with van der Waals surface area (Å²) in [5, 5.41) is 1.80. The first-order valence-electron chi connectivity index (χ1n) is 7.99. The molecule has 1 fully saturated rings. The maximum Gasteiger partial charge on any atom is 0.186 e. The Morgan fingerprint density at radius 2 is 2.04 bits per heavy atom. The van der Waals surface area contributed by atoms with Crippen molar-refractivity contribution in [3.63, 3.8) is 0 Å². The number of hydroxylamine groups is 2. The highest BCUT2D eigenvalue weighted by Gasteiger charge is 2.61. The smallest absolute Gasteiger partial charge is 0.186 e. The molecule has 0 aromatic heterocycles. The van der Waals surface area contributed by atoms with Gasteiger partial charge in [-0.05, 0) is 30.2 Å². The zero-order valence-corrected chi connectivity index (χ0v) is 14.2. The number of carbonyl (C=O) groups excluding carboxylic acids is 1. The molecule has 1 saturated heterocycles. The molecule has 4 rings (SSSR count). The number of rotatable bonds is 3. The zero-order chi connectivity index (χ0) is 17.1. The second-order valence-corrected chi connectivity index (χ2v) is 6.44. The van der Waals surface area contributed by atoms with E-state index in [1.807, 2.05) is 25.3 Å². The average molecular weight is 331 g/mol. The van der Waals surface area contributed by atoms with Crippen LogP contribution in [0.4, 0.5) is 0 Å². The second-order valence-electron chi connectivity index (χ2n) is 6.44. The first-order valence-corrected chi connectivity index (χ1v) is 7.99. The lowest BCUT2D eigenvalue weighted by Gasteiger charge is -2.46. The van der Waals surface area contributed by atoms with E-state index in [2.05, 4.69) is 0 Å². The van der Waals surface area contributed by atoms with Crippen LogP contribution in [-0.2, 0) is 26.4 Å². The molecule has 4 atom stereocenters. The molecule has 1 aromatic rings. The first-order chi connectivity index (χ1) is 11.6. The Morgan fingerprint density at radius 3 is 2.71 bits per heavy atom. The van der Waals surface area contributed by atoms with Gasteiger partial charge in [-0.2, -0.15) is 5.06 Å². The van der Waals surface area contributed by atoms with Gasteiger partial charge in [-0.15, -0.1) is 0 Å². The molecule has 0 amide bonds. The number of benzene rings is 1. The highest BCUT2D eigenvalue weighted by molar-refractivity contribution is 5.96. The predicted octanol–water partition coefficient (Wildman–Crippen LogP) is 1.47. The highest BCUT2D eigenvalue weighted by atomic mass is 16.7. The van der Waals surface area contributed by atoms with Crippen LogP contribution in [0.25, 0.3) is 0 Å². The Hall–Kier alpha value is -1.89. The van der Waals surface area contributed by atoms with Crippen molar-refractivity contribution in [2.24, 2.45) is 5.92 Å². The molecule has 3 aliphatic rings. The van der Waals surface area contributed by atoms with Gasteiger partial charge in [0, 0.05) is 25.8 Å². The normalized spacial score (nSPS) is 34.0. The molecule has 0 radical (unpaired) electrons. The van der Waals surface area contributed by atoms with E-state index >= 15 is 0 Å². The van der Waals surface area contributed by atoms with E-state index in [4.69, 9.17) is 19.0 Å². The fraction of sp³-hybridized carbons (Fsp3) is 0.500. The molecule has 6 heteroatoms. The molecule has 0 bridgehead atoms. The van der Waals surface area contributed by atoms with Crippen LogP contribution in [0.5, 0.6) is 11.5 Å². The summed E-state index contributed by atoms with van der Waals surface area (Å²) in [6.07, 6.45) is 3.65. The second kappa shape index (κ2) is 5.31. The van der Waals surface area contributed by atoms with E-state index in [0.29, 0.717) is 11.5 Å². The molecular weight excluding hydrogens is 310 g/mol. The van der Waals surface area contributed by atoms with Crippen LogP contribution < -0.4 is 9.47 Å². The maximum atomic E-state index is 12.4. The summed E-state index contributed by atoms with van der Waals surface area (Å²) in [4.78, 5) is 18.2. The van der Waals surface area contributed by atoms with Crippen LogP contribution >= 0.6 is 0 Å². The van der Waals surface area contributed by atoms with Crippen LogP contribution in [0.1, 0.15) is 11.1 Å². The lowest BCUT2D eigenvalue weighted by atomic mass is 9.64. The van der Waals surface area contributed by atoms with Crippen LogP contribution in [0.3, 0.4) is 0 Å². The van der Waals surface area contributed by atoms with E-state index in [-0.39, 0.29) is 17.7 Å². The van der Waals surface area contributed by atoms with Gasteiger partial charge in [0.05, 0.1) is 20.1 Å². The molecule has 2 aliphatic carbocycles. The number of likely N-dealkylation sites (N-methyl/N-ethyl adjacent to an activating group) is 1. The topological polar surface area (TPSA) is 57.2 Å². The van der Waals surface area contributed by atoms with E-state index < -0.39 is 11.7 Å². The number of methoxy groups -OCH3 is 3. The highest BCUT2D eigenvalue weighted by Crippen LogP contribution is 2.56. The largest absolute Gasteiger partial charge is 0.493 e. The van der Waals surface area contributed by atoms with E-state index in [9.17, 15) is 4.79 Å². The third-order valence-electron chi connectivity index (χ3n) is 5.55. The lowest BCUT2D eigenvalue weighted by Crippen LogP contribution is -2.54. The van der Waals surface area contributed by atoms with E-state index in [0.717, 1.165) is 17.5 Å². The fourth-order valence-electron chi connectivity index (χ4n) is 4.51. The summed E-state index contributed by atoms with van der Waals surface area (Å²) in [6.45, 7) is 0. The summed E-state index contributed by atoms with van der Waals surface area (Å²) >= 11 is 0. The number of nitrogens with zero attached hydrogens (tertiary/aromatic N) is 1. The summed E-state index contributed by atoms with van der Waals surface area (Å²) < 4.78 is 17.2. The summed E-state index contributed by atoms with van der Waals surface area (Å²) in [6, 6.07) is 4.01. The van der Waals surface area contributed by atoms with Gasteiger partial charge in [-0.3, -0.25) is 9.63 Å². The van der Waals surface area contributed by atoms with Crippen molar-refractivity contribution in [3.8, 4) is 11.5 Å². The third-order valence-corrected chi connectivity index (χ3v) is 5.55. The number of carbonyl (C=O) groups is 1. The molecule has 0 unspecified atom stereocenters. The van der Waals surface area contributed by atoms with Gasteiger partial charge in [0.2, 0.25) is 0 Å². The molecule has 1 aliphatic heterocycles. The lowest BCUT2D eigenvalue weighted by molar-refractivity contribution is -0.161. The fourth-order valence-corrected chi connectivity index (χ4v) is 4.51. The van der Waals surface area contributed by atoms with Crippen LogP contribution in [0, 0.1) is 5.92 Å². The minimum absolute atomic E-state index is 0.0210. The van der Waals surface area contributed by atoms with Crippen molar-refractivity contribution in [3.05, 3.63) is 35.4 Å². The third kappa shape index (κ3) is 1.79. The monoisotopic (exact) mass is 331 g/mol. The first kappa shape index (κ1) is 15.6. The molecule has 24 heavy (non-hydrogen) atoms. The standard InChI is InChI=1S/C18H21NO5/c1-19-11-9-10-5-6-13(21-2)17(22-3)14(10)18(23-4)8-7-12(20)16(24-19)15(11)18/h5-8,11,15-16H,9H2,1-4H3/t11-,15-,16-,18+/m1/s1. The maximum absolute atomic E-state index is 12.4. The number of ether oxygens (including phenoxy) is 3. The van der Waals surface area contributed by atoms with Gasteiger partial charge >= 0.3 is 0 Å². The number of hydrogen-bond donors (Lipinski definition) is 0. The predicted molar refractivity (Wildman–Crippen MR) is 86.0 cm³/mol. The van der Waals surface area contributed by atoms with Gasteiger partial charge in [0.1, 0.15) is 11.7 Å². The van der Waals surface area contributed by atoms with Crippen molar-refractivity contribution >= 4 is 5.78 Å². The molecule has 1 aromatic carbocycles. The molecule has 128 valence electrons. The quantitative estimate of drug-likeness (QED) is 0.836. The number of ketones is 1. The van der Waals surface area contributed by atoms with Crippen molar-refractivity contribution in [2.45, 2.75) is 24.2 Å². The van der Waals surface area contributed by atoms with Gasteiger partial charge < -0.3 is 14.2 Å². The number of fused-ring (bicyclic) bond motifs is 2. The summed E-state index contributed by atoms with van der Waals surface area (Å²) in [5.41, 5.74) is 1.27. The van der Waals surface area contributed by atoms with Crippen LogP contribution in [-0.4, -0.2) is 51.4 Å². The van der Waals surface area contributed by atoms with Crippen LogP contribution in [0.15, 0.2) is 24.3 Å². The van der Waals surface area contributed by atoms with Gasteiger partial charge in [0.15, 0.2) is 17.3 Å². The minimum atomic E-state index is -0.776. The Morgan fingerprint density at radius 1 is 1.25 bits per heavy atom. The molecule has 0 spiro atoms. The Kier molecular flexibility index (Phi) is 3.46.